The van der Waals surface area contributed by atoms with Crippen LogP contribution in [0.3, 0.4) is 0 Å². The van der Waals surface area contributed by atoms with E-state index >= 15 is 0 Å². The molecule has 1 aliphatic heterocycles. The maximum absolute atomic E-state index is 14.1. The summed E-state index contributed by atoms with van der Waals surface area (Å²) in [7, 11) is 4.68. The Labute approximate surface area is 257 Å². The van der Waals surface area contributed by atoms with Crippen molar-refractivity contribution < 1.29 is 23.8 Å². The molecule has 9 heteroatoms. The van der Waals surface area contributed by atoms with Gasteiger partial charge in [0, 0.05) is 61.4 Å². The first-order chi connectivity index (χ1) is 20.2. The third kappa shape index (κ3) is 6.04. The summed E-state index contributed by atoms with van der Waals surface area (Å²) in [4.78, 5) is 33.4. The van der Waals surface area contributed by atoms with Crippen LogP contribution in [0.15, 0.2) is 52.5 Å². The lowest BCUT2D eigenvalue weighted by atomic mass is 9.49. The third-order valence-corrected chi connectivity index (χ3v) is 10.1. The smallest absolute Gasteiger partial charge is 0.254 e. The first-order valence-corrected chi connectivity index (χ1v) is 15.5. The molecule has 1 saturated carbocycles. The topological polar surface area (TPSA) is 71.6 Å². The minimum atomic E-state index is -0.0575. The quantitative estimate of drug-likeness (QED) is 0.326. The number of halogens is 1. The van der Waals surface area contributed by atoms with Crippen LogP contribution >= 0.6 is 15.9 Å². The number of allylic oxidation sites excluding steroid dienone is 1. The van der Waals surface area contributed by atoms with Gasteiger partial charge in [0.15, 0.2) is 11.5 Å². The number of ether oxygens (including phenoxy) is 3. The molecule has 0 N–H and O–H groups in total. The lowest BCUT2D eigenvalue weighted by Gasteiger charge is -2.57. The molecule has 2 fully saturated rings. The molecule has 1 saturated heterocycles. The largest absolute Gasteiger partial charge is 0.493 e. The van der Waals surface area contributed by atoms with Crippen LogP contribution in [0.5, 0.6) is 17.2 Å². The van der Waals surface area contributed by atoms with Gasteiger partial charge in [-0.2, -0.15) is 0 Å². The molecule has 0 spiro atoms. The maximum atomic E-state index is 14.1. The summed E-state index contributed by atoms with van der Waals surface area (Å²) in [6, 6.07) is 11.0. The summed E-state index contributed by atoms with van der Waals surface area (Å²) in [5.74, 6) is 2.65. The number of nitrogens with zero attached hydrogens (tertiary/aromatic N) is 3. The van der Waals surface area contributed by atoms with E-state index in [4.69, 9.17) is 14.2 Å². The molecule has 2 aromatic rings. The van der Waals surface area contributed by atoms with Crippen molar-refractivity contribution in [1.82, 2.24) is 14.7 Å². The van der Waals surface area contributed by atoms with E-state index in [9.17, 15) is 9.59 Å². The molecule has 2 atom stereocenters. The van der Waals surface area contributed by atoms with Gasteiger partial charge in [0.2, 0.25) is 5.75 Å². The highest BCUT2D eigenvalue weighted by atomic mass is 79.9. The van der Waals surface area contributed by atoms with E-state index in [-0.39, 0.29) is 17.2 Å². The van der Waals surface area contributed by atoms with Gasteiger partial charge >= 0.3 is 0 Å². The second-order valence-electron chi connectivity index (χ2n) is 12.1. The minimum Gasteiger partial charge on any atom is -0.493 e. The normalized spacial score (nSPS) is 21.2. The minimum absolute atomic E-state index is 0.0563. The molecule has 8 nitrogen and oxygen atoms in total. The first-order valence-electron chi connectivity index (χ1n) is 14.7. The zero-order valence-corrected chi connectivity index (χ0v) is 26.9. The van der Waals surface area contributed by atoms with Gasteiger partial charge in [-0.3, -0.25) is 14.5 Å². The molecule has 2 bridgehead atoms. The monoisotopic (exact) mass is 639 g/mol. The van der Waals surface area contributed by atoms with Crippen LogP contribution in [0.4, 0.5) is 0 Å². The SMILES string of the molecule is COc1cc(C(=O)N(CCN2CCN(C(=O)c3cccc(Br)c3)CC2)CC2=CCC3CC2C3(C)C)cc(OC)c1OC. The Morgan fingerprint density at radius 1 is 0.976 bits per heavy atom. The fraction of sp³-hybridized carbons (Fsp3) is 0.515. The van der Waals surface area contributed by atoms with Crippen molar-refractivity contribution in [1.29, 1.82) is 0 Å². The molecule has 2 unspecified atom stereocenters. The molecule has 6 rings (SSSR count). The standard InChI is InChI=1S/C33H42BrN3O5/c1-33(2)25-10-9-23(27(33)20-25)21-37(32(39)24-18-28(40-3)30(42-5)29(19-24)41-4)16-13-35-11-14-36(15-12-35)31(38)22-7-6-8-26(34)17-22/h6-9,17-19,25,27H,10-16,20-21H2,1-5H3. The van der Waals surface area contributed by atoms with Crippen LogP contribution in [0, 0.1) is 17.3 Å². The van der Waals surface area contributed by atoms with E-state index in [1.54, 1.807) is 33.5 Å². The van der Waals surface area contributed by atoms with Crippen LogP contribution in [0.2, 0.25) is 0 Å². The Hall–Kier alpha value is -3.04. The predicted molar refractivity (Wildman–Crippen MR) is 167 cm³/mol. The molecule has 0 aromatic heterocycles. The number of amides is 2. The molecule has 2 aromatic carbocycles. The number of hydrogen-bond donors (Lipinski definition) is 0. The van der Waals surface area contributed by atoms with Gasteiger partial charge in [0.25, 0.3) is 11.8 Å². The second-order valence-corrected chi connectivity index (χ2v) is 13.0. The van der Waals surface area contributed by atoms with Crippen LogP contribution in [0.1, 0.15) is 47.4 Å². The number of rotatable bonds is 10. The first kappa shape index (κ1) is 30.4. The molecule has 0 radical (unpaired) electrons. The number of methoxy groups -OCH3 is 3. The number of carbonyl (C=O) groups excluding carboxylic acids is 2. The van der Waals surface area contributed by atoms with Crippen LogP contribution in [0.25, 0.3) is 0 Å². The van der Waals surface area contributed by atoms with Crippen molar-refractivity contribution >= 4 is 27.7 Å². The van der Waals surface area contributed by atoms with E-state index in [1.165, 1.54) is 12.0 Å². The summed E-state index contributed by atoms with van der Waals surface area (Å²) in [5.41, 5.74) is 2.86. The molecule has 3 aliphatic carbocycles. The van der Waals surface area contributed by atoms with Crippen molar-refractivity contribution in [3.8, 4) is 17.2 Å². The average Bonchev–Trinajstić information content (AvgIpc) is 3.01. The van der Waals surface area contributed by atoms with Crippen molar-refractivity contribution in [3.63, 3.8) is 0 Å². The van der Waals surface area contributed by atoms with Crippen LogP contribution in [-0.2, 0) is 0 Å². The summed E-state index contributed by atoms with van der Waals surface area (Å²) < 4.78 is 17.5. The molecule has 2 amide bonds. The number of carbonyl (C=O) groups is 2. The lowest BCUT2D eigenvalue weighted by Crippen LogP contribution is -2.52. The van der Waals surface area contributed by atoms with E-state index < -0.39 is 0 Å². The van der Waals surface area contributed by atoms with Gasteiger partial charge in [-0.1, -0.05) is 47.5 Å². The van der Waals surface area contributed by atoms with Crippen LogP contribution < -0.4 is 14.2 Å². The third-order valence-electron chi connectivity index (χ3n) is 9.57. The fourth-order valence-corrected chi connectivity index (χ4v) is 7.16. The van der Waals surface area contributed by atoms with E-state index in [2.05, 4.69) is 40.8 Å². The Kier molecular flexibility index (Phi) is 9.18. The van der Waals surface area contributed by atoms with Gasteiger partial charge < -0.3 is 24.0 Å². The average molecular weight is 641 g/mol. The van der Waals surface area contributed by atoms with Crippen LogP contribution in [-0.4, -0.2) is 93.7 Å². The lowest BCUT2D eigenvalue weighted by molar-refractivity contribution is -0.0105. The molecular weight excluding hydrogens is 598 g/mol. The van der Waals surface area contributed by atoms with Gasteiger partial charge in [0.1, 0.15) is 0 Å². The van der Waals surface area contributed by atoms with Crippen molar-refractivity contribution in [2.24, 2.45) is 17.3 Å². The van der Waals surface area contributed by atoms with E-state index in [1.807, 2.05) is 34.1 Å². The second kappa shape index (κ2) is 12.7. The highest BCUT2D eigenvalue weighted by molar-refractivity contribution is 9.10. The van der Waals surface area contributed by atoms with Crippen molar-refractivity contribution in [2.75, 3.05) is 67.1 Å². The number of fused-ring (bicyclic) bond motifs is 1. The Morgan fingerprint density at radius 2 is 1.67 bits per heavy atom. The molecule has 4 aliphatic rings. The Morgan fingerprint density at radius 3 is 2.24 bits per heavy atom. The summed E-state index contributed by atoms with van der Waals surface area (Å²) in [5, 5.41) is 0. The molecule has 42 heavy (non-hydrogen) atoms. The predicted octanol–water partition coefficient (Wildman–Crippen LogP) is 5.37. The number of hydrogen-bond acceptors (Lipinski definition) is 6. The number of piperazine rings is 1. The zero-order chi connectivity index (χ0) is 30.0. The van der Waals surface area contributed by atoms with Gasteiger partial charge in [-0.25, -0.2) is 0 Å². The molecule has 1 heterocycles. The van der Waals surface area contributed by atoms with Gasteiger partial charge in [-0.05, 0) is 60.4 Å². The summed E-state index contributed by atoms with van der Waals surface area (Å²) in [6.45, 7) is 9.51. The Balaban J connectivity index is 1.29. The van der Waals surface area contributed by atoms with E-state index in [0.717, 1.165) is 36.4 Å². The maximum Gasteiger partial charge on any atom is 0.254 e. The molecular formula is C33H42BrN3O5. The zero-order valence-electron chi connectivity index (χ0n) is 25.3. The van der Waals surface area contributed by atoms with Crippen molar-refractivity contribution in [3.05, 3.63) is 63.6 Å². The summed E-state index contributed by atoms with van der Waals surface area (Å²) in [6.07, 6.45) is 4.66. The van der Waals surface area contributed by atoms with Gasteiger partial charge in [-0.15, -0.1) is 0 Å². The number of benzene rings is 2. The van der Waals surface area contributed by atoms with E-state index in [0.29, 0.717) is 60.5 Å². The van der Waals surface area contributed by atoms with Crippen molar-refractivity contribution in [2.45, 2.75) is 26.7 Å². The molecule has 226 valence electrons. The highest BCUT2D eigenvalue weighted by Crippen LogP contribution is 2.59. The van der Waals surface area contributed by atoms with Gasteiger partial charge in [0.05, 0.1) is 21.3 Å². The summed E-state index contributed by atoms with van der Waals surface area (Å²) >= 11 is 3.46. The Bertz CT molecular complexity index is 1330. The highest BCUT2D eigenvalue weighted by Gasteiger charge is 2.51. The fourth-order valence-electron chi connectivity index (χ4n) is 6.76.